The summed E-state index contributed by atoms with van der Waals surface area (Å²) in [5, 5.41) is 2.53. The average Bonchev–Trinajstić information content (AvgIpc) is 3.26. The van der Waals surface area contributed by atoms with Crippen LogP contribution in [0.5, 0.6) is 5.75 Å². The Bertz CT molecular complexity index is 981. The molecule has 3 aromatic rings. The molecule has 0 saturated heterocycles. The zero-order valence-electron chi connectivity index (χ0n) is 16.2. The minimum Gasteiger partial charge on any atom is -0.484 e. The smallest absolute Gasteiger partial charge is 0.266 e. The van der Waals surface area contributed by atoms with Crippen molar-refractivity contribution in [2.24, 2.45) is 0 Å². The van der Waals surface area contributed by atoms with Crippen molar-refractivity contribution in [2.75, 3.05) is 18.1 Å². The predicted molar refractivity (Wildman–Crippen MR) is 117 cm³/mol. The molecule has 0 spiro atoms. The highest BCUT2D eigenvalue weighted by Crippen LogP contribution is 2.27. The molecule has 1 aromatic heterocycles. The largest absolute Gasteiger partial charge is 0.484 e. The van der Waals surface area contributed by atoms with Crippen LogP contribution in [0.4, 0.5) is 5.13 Å². The van der Waals surface area contributed by atoms with Gasteiger partial charge < -0.3 is 4.74 Å². The summed E-state index contributed by atoms with van der Waals surface area (Å²) in [6, 6.07) is 16.6. The molecule has 5 nitrogen and oxygen atoms in total. The number of aromatic nitrogens is 1. The molecule has 0 aliphatic carbocycles. The second-order valence-corrected chi connectivity index (χ2v) is 7.10. The fourth-order valence-corrected chi connectivity index (χ4v) is 3.57. The van der Waals surface area contributed by atoms with Crippen molar-refractivity contribution in [1.29, 1.82) is 0 Å². The first-order chi connectivity index (χ1) is 14.1. The number of benzene rings is 2. The summed E-state index contributed by atoms with van der Waals surface area (Å²) in [6.45, 7) is 5.77. The Balaban J connectivity index is 1.68. The van der Waals surface area contributed by atoms with Gasteiger partial charge in [0.25, 0.3) is 5.91 Å². The van der Waals surface area contributed by atoms with Crippen LogP contribution in [0.25, 0.3) is 11.3 Å². The Morgan fingerprint density at radius 2 is 1.86 bits per heavy atom. The van der Waals surface area contributed by atoms with Gasteiger partial charge in [0.05, 0.1) is 5.69 Å². The van der Waals surface area contributed by atoms with E-state index in [-0.39, 0.29) is 18.3 Å². The van der Waals surface area contributed by atoms with Crippen molar-refractivity contribution in [3.05, 3.63) is 78.2 Å². The molecule has 148 valence electrons. The van der Waals surface area contributed by atoms with Crippen LogP contribution in [0, 0.1) is 0 Å². The number of ketones is 1. The first-order valence-electron chi connectivity index (χ1n) is 9.30. The van der Waals surface area contributed by atoms with Gasteiger partial charge in [-0.15, -0.1) is 17.9 Å². The lowest BCUT2D eigenvalue weighted by Crippen LogP contribution is -2.35. The first kappa shape index (κ1) is 20.5. The molecule has 2 aromatic carbocycles. The van der Waals surface area contributed by atoms with Crippen LogP contribution in [0.2, 0.25) is 0 Å². The van der Waals surface area contributed by atoms with Crippen LogP contribution in [-0.2, 0) is 4.79 Å². The highest BCUT2D eigenvalue weighted by molar-refractivity contribution is 7.14. The number of ether oxygens (including phenoxy) is 1. The van der Waals surface area contributed by atoms with Crippen molar-refractivity contribution in [1.82, 2.24) is 4.98 Å². The number of hydrogen-bond donors (Lipinski definition) is 0. The van der Waals surface area contributed by atoms with E-state index in [0.29, 0.717) is 29.4 Å². The molecule has 0 unspecified atom stereocenters. The third-order valence-electron chi connectivity index (χ3n) is 4.26. The fourth-order valence-electron chi connectivity index (χ4n) is 2.71. The van der Waals surface area contributed by atoms with E-state index in [2.05, 4.69) is 11.6 Å². The third kappa shape index (κ3) is 5.18. The number of carbonyl (C=O) groups excluding carboxylic acids is 2. The van der Waals surface area contributed by atoms with Crippen molar-refractivity contribution >= 4 is 28.2 Å². The number of carbonyl (C=O) groups is 2. The molecular weight excluding hydrogens is 384 g/mol. The van der Waals surface area contributed by atoms with E-state index >= 15 is 0 Å². The van der Waals surface area contributed by atoms with Gasteiger partial charge in [-0.05, 0) is 24.3 Å². The summed E-state index contributed by atoms with van der Waals surface area (Å²) < 4.78 is 5.62. The number of amides is 1. The molecule has 0 aliphatic rings. The van der Waals surface area contributed by atoms with E-state index in [4.69, 9.17) is 4.74 Å². The maximum atomic E-state index is 12.7. The number of thiazole rings is 1. The summed E-state index contributed by atoms with van der Waals surface area (Å²) in [4.78, 5) is 30.6. The molecule has 3 rings (SSSR count). The van der Waals surface area contributed by atoms with Gasteiger partial charge in [0.1, 0.15) is 5.75 Å². The van der Waals surface area contributed by atoms with Gasteiger partial charge in [-0.3, -0.25) is 14.5 Å². The van der Waals surface area contributed by atoms with Crippen LogP contribution in [-0.4, -0.2) is 29.8 Å². The minimum absolute atomic E-state index is 0.0720. The lowest BCUT2D eigenvalue weighted by atomic mass is 10.1. The van der Waals surface area contributed by atoms with Gasteiger partial charge in [-0.1, -0.05) is 43.3 Å². The highest BCUT2D eigenvalue weighted by Gasteiger charge is 2.19. The molecule has 29 heavy (non-hydrogen) atoms. The first-order valence-corrected chi connectivity index (χ1v) is 10.2. The Hall–Kier alpha value is -3.25. The fraction of sp³-hybridized carbons (Fsp3) is 0.174. The molecule has 0 bridgehead atoms. The monoisotopic (exact) mass is 406 g/mol. The third-order valence-corrected chi connectivity index (χ3v) is 5.13. The topological polar surface area (TPSA) is 59.5 Å². The summed E-state index contributed by atoms with van der Waals surface area (Å²) >= 11 is 1.40. The summed E-state index contributed by atoms with van der Waals surface area (Å²) in [7, 11) is 0. The number of nitrogens with zero attached hydrogens (tertiary/aromatic N) is 2. The Morgan fingerprint density at radius 3 is 2.52 bits per heavy atom. The zero-order valence-corrected chi connectivity index (χ0v) is 17.0. The maximum absolute atomic E-state index is 12.7. The number of anilines is 1. The van der Waals surface area contributed by atoms with Crippen LogP contribution >= 0.6 is 11.3 Å². The highest BCUT2D eigenvalue weighted by atomic mass is 32.1. The van der Waals surface area contributed by atoms with Crippen molar-refractivity contribution in [3.8, 4) is 17.0 Å². The molecule has 0 saturated carbocycles. The van der Waals surface area contributed by atoms with E-state index in [1.807, 2.05) is 42.6 Å². The van der Waals surface area contributed by atoms with Crippen molar-refractivity contribution in [2.45, 2.75) is 13.3 Å². The summed E-state index contributed by atoms with van der Waals surface area (Å²) in [6.07, 6.45) is 2.11. The number of hydrogen-bond acceptors (Lipinski definition) is 5. The van der Waals surface area contributed by atoms with Gasteiger partial charge in [-0.25, -0.2) is 4.98 Å². The average molecular weight is 407 g/mol. The van der Waals surface area contributed by atoms with Crippen LogP contribution in [0.1, 0.15) is 23.7 Å². The molecule has 1 amide bonds. The van der Waals surface area contributed by atoms with Gasteiger partial charge in [-0.2, -0.15) is 0 Å². The van der Waals surface area contributed by atoms with Crippen LogP contribution in [0.3, 0.4) is 0 Å². The molecule has 0 aliphatic heterocycles. The SMILES string of the molecule is C=CCN(C(=O)COc1ccc(C(=O)CC)cc1)c1nc(-c2ccccc2)cs1. The zero-order chi connectivity index (χ0) is 20.6. The Morgan fingerprint density at radius 1 is 1.14 bits per heavy atom. The Kier molecular flexibility index (Phi) is 6.92. The van der Waals surface area contributed by atoms with E-state index in [1.165, 1.54) is 11.3 Å². The predicted octanol–water partition coefficient (Wildman–Crippen LogP) is 5.00. The minimum atomic E-state index is -0.215. The van der Waals surface area contributed by atoms with Gasteiger partial charge in [0.15, 0.2) is 17.5 Å². The lowest BCUT2D eigenvalue weighted by Gasteiger charge is -2.18. The van der Waals surface area contributed by atoms with Gasteiger partial charge in [0.2, 0.25) is 0 Å². The van der Waals surface area contributed by atoms with E-state index < -0.39 is 0 Å². The normalized spacial score (nSPS) is 10.4. The van der Waals surface area contributed by atoms with Gasteiger partial charge >= 0.3 is 0 Å². The van der Waals surface area contributed by atoms with E-state index in [9.17, 15) is 9.59 Å². The molecule has 1 heterocycles. The standard InChI is InChI=1S/C23H22N2O3S/c1-3-14-25(23-24-20(16-29-23)17-8-6-5-7-9-17)22(27)15-28-19-12-10-18(11-13-19)21(26)4-2/h3,5-13,16H,1,4,14-15H2,2H3. The molecule has 0 radical (unpaired) electrons. The van der Waals surface area contributed by atoms with Crippen molar-refractivity contribution in [3.63, 3.8) is 0 Å². The van der Waals surface area contributed by atoms with Crippen molar-refractivity contribution < 1.29 is 14.3 Å². The number of Topliss-reactive ketones (excluding diaryl/α,β-unsaturated/α-hetero) is 1. The Labute approximate surface area is 174 Å². The molecular formula is C23H22N2O3S. The quantitative estimate of drug-likeness (QED) is 0.371. The van der Waals surface area contributed by atoms with Crippen LogP contribution < -0.4 is 9.64 Å². The van der Waals surface area contributed by atoms with Gasteiger partial charge in [0, 0.05) is 29.5 Å². The molecule has 0 atom stereocenters. The second kappa shape index (κ2) is 9.80. The maximum Gasteiger partial charge on any atom is 0.266 e. The lowest BCUT2D eigenvalue weighted by molar-refractivity contribution is -0.120. The molecule has 6 heteroatoms. The van der Waals surface area contributed by atoms with E-state index in [0.717, 1.165) is 11.3 Å². The summed E-state index contributed by atoms with van der Waals surface area (Å²) in [5.41, 5.74) is 2.46. The van der Waals surface area contributed by atoms with Crippen LogP contribution in [0.15, 0.2) is 72.6 Å². The van der Waals surface area contributed by atoms with E-state index in [1.54, 1.807) is 35.2 Å². The molecule has 0 fully saturated rings. The second-order valence-electron chi connectivity index (χ2n) is 6.26. The number of rotatable bonds is 9. The summed E-state index contributed by atoms with van der Waals surface area (Å²) in [5.74, 6) is 0.393. The molecule has 0 N–H and O–H groups in total.